The van der Waals surface area contributed by atoms with Crippen molar-refractivity contribution in [2.24, 2.45) is 0 Å². The number of nitrogens with zero attached hydrogens (tertiary/aromatic N) is 7. The molecule has 1 saturated heterocycles. The quantitative estimate of drug-likeness (QED) is 0.518. The molecule has 4 heterocycles. The zero-order valence-corrected chi connectivity index (χ0v) is 18.4. The van der Waals surface area contributed by atoms with Crippen molar-refractivity contribution in [3.63, 3.8) is 0 Å². The van der Waals surface area contributed by atoms with Crippen LogP contribution in [-0.4, -0.2) is 42.5 Å². The molecule has 0 aliphatic carbocycles. The molecule has 168 valence electrons. The fraction of sp³-hybridized carbons (Fsp3) is 0.455. The van der Waals surface area contributed by atoms with Gasteiger partial charge >= 0.3 is 0 Å². The number of nitrogen functional groups attached to an aromatic ring is 1. The maximum atomic E-state index is 14.2. The molecule has 5 rings (SSSR count). The third-order valence-corrected chi connectivity index (χ3v) is 6.54. The molecule has 3 aromatic heterocycles. The van der Waals surface area contributed by atoms with Gasteiger partial charge in [0.25, 0.3) is 0 Å². The van der Waals surface area contributed by atoms with E-state index in [2.05, 4.69) is 52.0 Å². The van der Waals surface area contributed by atoms with Crippen molar-refractivity contribution in [3.05, 3.63) is 42.0 Å². The second-order valence-corrected chi connectivity index (χ2v) is 9.05. The first-order valence-corrected chi connectivity index (χ1v) is 10.9. The van der Waals surface area contributed by atoms with Crippen molar-refractivity contribution < 1.29 is 8.78 Å². The van der Waals surface area contributed by atoms with Gasteiger partial charge in [-0.3, -0.25) is 4.68 Å². The van der Waals surface area contributed by atoms with E-state index in [9.17, 15) is 8.78 Å². The molecule has 0 unspecified atom stereocenters. The van der Waals surface area contributed by atoms with Crippen LogP contribution in [0.5, 0.6) is 0 Å². The summed E-state index contributed by atoms with van der Waals surface area (Å²) in [6.45, 7) is 8.12. The zero-order valence-electron chi connectivity index (χ0n) is 18.4. The summed E-state index contributed by atoms with van der Waals surface area (Å²) < 4.78 is 31.5. The molecule has 1 fully saturated rings. The fourth-order valence-electron chi connectivity index (χ4n) is 4.24. The number of nitrogens with two attached hydrogens (primary N) is 1. The van der Waals surface area contributed by atoms with Gasteiger partial charge in [-0.15, -0.1) is 5.10 Å². The number of anilines is 2. The molecule has 0 amide bonds. The molecule has 0 spiro atoms. The Morgan fingerprint density at radius 1 is 1.22 bits per heavy atom. The smallest absolute Gasteiger partial charge is 0.223 e. The predicted molar refractivity (Wildman–Crippen MR) is 119 cm³/mol. The van der Waals surface area contributed by atoms with E-state index in [0.29, 0.717) is 11.5 Å². The standard InChI is InChI=1S/C22H26F2N8/c1-4-22(2,3)31-12-15(10-26-31)30-7-5-6-13(11-30)19-28-20-16-8-14(23)9-17(24)18(16)27-21(25)32(20)29-19/h8-10,12-13H,4-7,11H2,1-3H3,(H2,25,27)/t13-/m1/s1. The first-order valence-electron chi connectivity index (χ1n) is 10.9. The number of fused-ring (bicyclic) bond motifs is 3. The van der Waals surface area contributed by atoms with Crippen LogP contribution in [0.2, 0.25) is 0 Å². The van der Waals surface area contributed by atoms with Crippen LogP contribution >= 0.6 is 0 Å². The Kier molecular flexibility index (Phi) is 4.75. The van der Waals surface area contributed by atoms with Crippen LogP contribution in [-0.2, 0) is 5.54 Å². The van der Waals surface area contributed by atoms with Crippen LogP contribution in [0.25, 0.3) is 16.6 Å². The minimum atomic E-state index is -0.769. The Bertz CT molecular complexity index is 1310. The average Bonchev–Trinajstić information content (AvgIpc) is 3.44. The SMILES string of the molecule is CCC(C)(C)n1cc(N2CCC[C@@H](c3nc4c5cc(F)cc(F)c5nc(N)n4n3)C2)cn1. The topological polar surface area (TPSA) is 90.2 Å². The lowest BCUT2D eigenvalue weighted by Crippen LogP contribution is -2.34. The molecular weight excluding hydrogens is 414 g/mol. The monoisotopic (exact) mass is 440 g/mol. The molecular formula is C22H26F2N8. The largest absolute Gasteiger partial charge is 0.368 e. The van der Waals surface area contributed by atoms with E-state index in [-0.39, 0.29) is 28.3 Å². The summed E-state index contributed by atoms with van der Waals surface area (Å²) in [7, 11) is 0. The number of aromatic nitrogens is 6. The average molecular weight is 441 g/mol. The van der Waals surface area contributed by atoms with Crippen LogP contribution < -0.4 is 10.6 Å². The third-order valence-electron chi connectivity index (χ3n) is 6.54. The van der Waals surface area contributed by atoms with Crippen LogP contribution in [0.15, 0.2) is 24.5 Å². The van der Waals surface area contributed by atoms with Gasteiger partial charge in [0.1, 0.15) is 11.3 Å². The third kappa shape index (κ3) is 3.34. The summed E-state index contributed by atoms with van der Waals surface area (Å²) in [6.07, 6.45) is 6.85. The summed E-state index contributed by atoms with van der Waals surface area (Å²) >= 11 is 0. The van der Waals surface area contributed by atoms with Crippen LogP contribution in [0.3, 0.4) is 0 Å². The van der Waals surface area contributed by atoms with Crippen molar-refractivity contribution in [2.75, 3.05) is 23.7 Å². The van der Waals surface area contributed by atoms with E-state index < -0.39 is 11.6 Å². The van der Waals surface area contributed by atoms with Gasteiger partial charge in [0.2, 0.25) is 5.95 Å². The summed E-state index contributed by atoms with van der Waals surface area (Å²) in [5, 5.41) is 9.39. The van der Waals surface area contributed by atoms with Crippen LogP contribution in [0, 0.1) is 11.6 Å². The molecule has 4 aromatic rings. The molecule has 1 atom stereocenters. The first-order chi connectivity index (χ1) is 15.3. The van der Waals surface area contributed by atoms with Crippen molar-refractivity contribution in [1.29, 1.82) is 0 Å². The molecule has 1 aromatic carbocycles. The zero-order chi connectivity index (χ0) is 22.6. The number of benzene rings is 1. The van der Waals surface area contributed by atoms with Crippen molar-refractivity contribution in [2.45, 2.75) is 51.5 Å². The number of hydrogen-bond acceptors (Lipinski definition) is 6. The summed E-state index contributed by atoms with van der Waals surface area (Å²) in [4.78, 5) is 11.0. The minimum absolute atomic E-state index is 0.00780. The van der Waals surface area contributed by atoms with E-state index in [1.807, 2.05) is 10.9 Å². The lowest BCUT2D eigenvalue weighted by Gasteiger charge is -2.32. The van der Waals surface area contributed by atoms with E-state index in [4.69, 9.17) is 5.73 Å². The molecule has 32 heavy (non-hydrogen) atoms. The van der Waals surface area contributed by atoms with E-state index in [0.717, 1.165) is 44.1 Å². The number of rotatable bonds is 4. The van der Waals surface area contributed by atoms with Gasteiger partial charge in [-0.1, -0.05) is 6.92 Å². The highest BCUT2D eigenvalue weighted by Gasteiger charge is 2.28. The van der Waals surface area contributed by atoms with Gasteiger partial charge in [-0.05, 0) is 39.2 Å². The lowest BCUT2D eigenvalue weighted by molar-refractivity contribution is 0.308. The molecule has 10 heteroatoms. The Morgan fingerprint density at radius 2 is 2.03 bits per heavy atom. The van der Waals surface area contributed by atoms with Gasteiger partial charge < -0.3 is 10.6 Å². The normalized spacial score (nSPS) is 17.5. The predicted octanol–water partition coefficient (Wildman–Crippen LogP) is 3.86. The maximum absolute atomic E-state index is 14.2. The van der Waals surface area contributed by atoms with E-state index in [1.54, 1.807) is 0 Å². The van der Waals surface area contributed by atoms with Gasteiger partial charge in [0.05, 0.1) is 22.8 Å². The molecule has 0 radical (unpaired) electrons. The Morgan fingerprint density at radius 3 is 2.81 bits per heavy atom. The Balaban J connectivity index is 1.49. The highest BCUT2D eigenvalue weighted by molar-refractivity contribution is 5.92. The first kappa shape index (κ1) is 20.6. The van der Waals surface area contributed by atoms with Crippen molar-refractivity contribution in [3.8, 4) is 0 Å². The van der Waals surface area contributed by atoms with E-state index >= 15 is 0 Å². The fourth-order valence-corrected chi connectivity index (χ4v) is 4.24. The van der Waals surface area contributed by atoms with Crippen molar-refractivity contribution >= 4 is 28.2 Å². The number of halogens is 2. The number of piperidine rings is 1. The highest BCUT2D eigenvalue weighted by Crippen LogP contribution is 2.31. The Hall–Kier alpha value is -3.30. The van der Waals surface area contributed by atoms with Crippen LogP contribution in [0.4, 0.5) is 20.4 Å². The van der Waals surface area contributed by atoms with E-state index in [1.165, 1.54) is 10.6 Å². The Labute approximate surface area is 184 Å². The second kappa shape index (κ2) is 7.39. The second-order valence-electron chi connectivity index (χ2n) is 9.05. The molecule has 1 aliphatic rings. The molecule has 2 N–H and O–H groups in total. The minimum Gasteiger partial charge on any atom is -0.368 e. The van der Waals surface area contributed by atoms with Crippen molar-refractivity contribution in [1.82, 2.24) is 29.4 Å². The van der Waals surface area contributed by atoms with Gasteiger partial charge in [0.15, 0.2) is 17.3 Å². The van der Waals surface area contributed by atoms with Gasteiger partial charge in [-0.2, -0.15) is 9.61 Å². The van der Waals surface area contributed by atoms with Crippen LogP contribution in [0.1, 0.15) is 51.8 Å². The molecule has 0 saturated carbocycles. The molecule has 0 bridgehead atoms. The summed E-state index contributed by atoms with van der Waals surface area (Å²) in [5.74, 6) is -0.785. The summed E-state index contributed by atoms with van der Waals surface area (Å²) in [6, 6.07) is 2.01. The summed E-state index contributed by atoms with van der Waals surface area (Å²) in [5.41, 5.74) is 7.34. The van der Waals surface area contributed by atoms with Gasteiger partial charge in [0, 0.05) is 31.3 Å². The molecule has 1 aliphatic heterocycles. The highest BCUT2D eigenvalue weighted by atomic mass is 19.1. The lowest BCUT2D eigenvalue weighted by atomic mass is 9.97. The van der Waals surface area contributed by atoms with Gasteiger partial charge in [-0.25, -0.2) is 18.7 Å². The molecule has 8 nitrogen and oxygen atoms in total. The number of hydrogen-bond donors (Lipinski definition) is 1. The maximum Gasteiger partial charge on any atom is 0.223 e.